The molecule has 0 aliphatic heterocycles. The normalized spacial score (nSPS) is 11.9. The first-order valence-corrected chi connectivity index (χ1v) is 9.74. The van der Waals surface area contributed by atoms with Gasteiger partial charge in [-0.15, -0.1) is 24.0 Å². The zero-order valence-electron chi connectivity index (χ0n) is 18.0. The SMILES string of the molecule is CN=C(NCCCc1nc(C(C)C)no1)NCc1ccc(C)cc1OCC(F)(F)F.I. The molecule has 2 aromatic rings. The maximum absolute atomic E-state index is 12.5. The summed E-state index contributed by atoms with van der Waals surface area (Å²) >= 11 is 0. The number of ether oxygens (including phenoxy) is 1. The van der Waals surface area contributed by atoms with Crippen LogP contribution in [0.4, 0.5) is 13.2 Å². The Hall–Kier alpha value is -2.05. The highest BCUT2D eigenvalue weighted by Gasteiger charge is 2.28. The van der Waals surface area contributed by atoms with Crippen LogP contribution in [0.2, 0.25) is 0 Å². The van der Waals surface area contributed by atoms with Crippen LogP contribution in [0.5, 0.6) is 5.75 Å². The summed E-state index contributed by atoms with van der Waals surface area (Å²) in [6.45, 7) is 5.36. The van der Waals surface area contributed by atoms with E-state index in [1.54, 1.807) is 26.1 Å². The molecular weight excluding hydrogens is 526 g/mol. The van der Waals surface area contributed by atoms with Crippen molar-refractivity contribution in [3.63, 3.8) is 0 Å². The van der Waals surface area contributed by atoms with Crippen LogP contribution in [-0.2, 0) is 13.0 Å². The fourth-order valence-corrected chi connectivity index (χ4v) is 2.55. The van der Waals surface area contributed by atoms with Crippen molar-refractivity contribution in [2.45, 2.75) is 52.3 Å². The standard InChI is InChI=1S/C20H28F3N5O2.HI/c1-13(2)18-27-17(30-28-18)6-5-9-25-19(24-4)26-11-15-8-7-14(3)10-16(15)29-12-20(21,22)23;/h7-8,10,13H,5-6,9,11-12H2,1-4H3,(H2,24,25,26);1H. The molecule has 0 bridgehead atoms. The molecule has 0 unspecified atom stereocenters. The molecule has 0 atom stereocenters. The van der Waals surface area contributed by atoms with Crippen molar-refractivity contribution in [2.75, 3.05) is 20.2 Å². The number of aromatic nitrogens is 2. The molecule has 0 saturated heterocycles. The van der Waals surface area contributed by atoms with Crippen molar-refractivity contribution in [3.05, 3.63) is 41.0 Å². The minimum absolute atomic E-state index is 0. The quantitative estimate of drug-likeness (QED) is 0.207. The summed E-state index contributed by atoms with van der Waals surface area (Å²) in [5, 5.41) is 10.2. The summed E-state index contributed by atoms with van der Waals surface area (Å²) in [5.41, 5.74) is 1.43. The van der Waals surface area contributed by atoms with Crippen LogP contribution in [0.15, 0.2) is 27.7 Å². The molecule has 0 aliphatic rings. The Kier molecular flexibility index (Phi) is 11.1. The number of aliphatic imine (C=N–C) groups is 1. The average molecular weight is 555 g/mol. The number of rotatable bonds is 9. The summed E-state index contributed by atoms with van der Waals surface area (Å²) < 4.78 is 47.7. The molecule has 1 aromatic heterocycles. The molecule has 0 fully saturated rings. The molecule has 1 aromatic carbocycles. The molecular formula is C20H29F3IN5O2. The van der Waals surface area contributed by atoms with Crippen LogP contribution in [0.1, 0.15) is 49.0 Å². The van der Waals surface area contributed by atoms with Crippen molar-refractivity contribution in [1.82, 2.24) is 20.8 Å². The molecule has 7 nitrogen and oxygen atoms in total. The third kappa shape index (κ3) is 9.74. The summed E-state index contributed by atoms with van der Waals surface area (Å²) in [6, 6.07) is 5.15. The van der Waals surface area contributed by atoms with Gasteiger partial charge in [0.2, 0.25) is 5.89 Å². The van der Waals surface area contributed by atoms with E-state index in [2.05, 4.69) is 25.8 Å². The van der Waals surface area contributed by atoms with Crippen molar-refractivity contribution < 1.29 is 22.4 Å². The van der Waals surface area contributed by atoms with Crippen molar-refractivity contribution >= 4 is 29.9 Å². The van der Waals surface area contributed by atoms with Crippen LogP contribution in [0.3, 0.4) is 0 Å². The third-order valence-corrected chi connectivity index (χ3v) is 4.14. The van der Waals surface area contributed by atoms with Gasteiger partial charge in [0.25, 0.3) is 0 Å². The topological polar surface area (TPSA) is 84.6 Å². The van der Waals surface area contributed by atoms with Gasteiger partial charge in [0.15, 0.2) is 18.4 Å². The number of hydrogen-bond donors (Lipinski definition) is 2. The van der Waals surface area contributed by atoms with Crippen molar-refractivity contribution in [3.8, 4) is 5.75 Å². The van der Waals surface area contributed by atoms with Crippen LogP contribution in [0, 0.1) is 6.92 Å². The van der Waals surface area contributed by atoms with E-state index in [9.17, 15) is 13.2 Å². The second-order valence-corrected chi connectivity index (χ2v) is 7.17. The van der Waals surface area contributed by atoms with Crippen LogP contribution in [-0.4, -0.2) is 42.5 Å². The van der Waals surface area contributed by atoms with Gasteiger partial charge < -0.3 is 19.9 Å². The Balaban J connectivity index is 0.00000480. The number of hydrogen-bond acceptors (Lipinski definition) is 5. The van der Waals surface area contributed by atoms with E-state index in [0.717, 1.165) is 12.0 Å². The number of nitrogens with zero attached hydrogens (tertiary/aromatic N) is 3. The second kappa shape index (κ2) is 12.7. The Morgan fingerprint density at radius 1 is 1.26 bits per heavy atom. The predicted octanol–water partition coefficient (Wildman–Crippen LogP) is 4.36. The van der Waals surface area contributed by atoms with Gasteiger partial charge >= 0.3 is 6.18 Å². The lowest BCUT2D eigenvalue weighted by Crippen LogP contribution is -2.37. The number of halogens is 4. The fourth-order valence-electron chi connectivity index (χ4n) is 2.55. The predicted molar refractivity (Wildman–Crippen MR) is 123 cm³/mol. The molecule has 0 spiro atoms. The van der Waals surface area contributed by atoms with Gasteiger partial charge in [-0.3, -0.25) is 4.99 Å². The minimum Gasteiger partial charge on any atom is -0.484 e. The molecule has 1 heterocycles. The maximum atomic E-state index is 12.5. The highest BCUT2D eigenvalue weighted by atomic mass is 127. The monoisotopic (exact) mass is 555 g/mol. The lowest BCUT2D eigenvalue weighted by atomic mass is 10.1. The molecule has 2 N–H and O–H groups in total. The van der Waals surface area contributed by atoms with Crippen molar-refractivity contribution in [2.24, 2.45) is 4.99 Å². The first-order chi connectivity index (χ1) is 14.2. The third-order valence-electron chi connectivity index (χ3n) is 4.14. The molecule has 31 heavy (non-hydrogen) atoms. The first-order valence-electron chi connectivity index (χ1n) is 9.74. The molecule has 11 heteroatoms. The van der Waals surface area contributed by atoms with E-state index in [1.165, 1.54) is 0 Å². The van der Waals surface area contributed by atoms with Gasteiger partial charge in [0, 0.05) is 38.0 Å². The van der Waals surface area contributed by atoms with Crippen LogP contribution >= 0.6 is 24.0 Å². The Labute approximate surface area is 197 Å². The number of aryl methyl sites for hydroxylation is 2. The van der Waals surface area contributed by atoms with Gasteiger partial charge in [-0.05, 0) is 25.0 Å². The molecule has 174 valence electrons. The van der Waals surface area contributed by atoms with E-state index in [0.29, 0.717) is 36.2 Å². The van der Waals surface area contributed by atoms with E-state index in [1.807, 2.05) is 19.9 Å². The molecule has 0 radical (unpaired) electrons. The number of nitrogens with one attached hydrogen (secondary N) is 2. The van der Waals surface area contributed by atoms with Crippen LogP contribution < -0.4 is 15.4 Å². The Bertz CT molecular complexity index is 840. The van der Waals surface area contributed by atoms with E-state index in [-0.39, 0.29) is 42.2 Å². The van der Waals surface area contributed by atoms with Gasteiger partial charge in [0.1, 0.15) is 5.75 Å². The summed E-state index contributed by atoms with van der Waals surface area (Å²) in [6.07, 6.45) is -3.00. The largest absolute Gasteiger partial charge is 0.484 e. The molecule has 2 rings (SSSR count). The smallest absolute Gasteiger partial charge is 0.422 e. The number of guanidine groups is 1. The average Bonchev–Trinajstić information content (AvgIpc) is 3.15. The van der Waals surface area contributed by atoms with Crippen LogP contribution in [0.25, 0.3) is 0 Å². The number of alkyl halides is 3. The summed E-state index contributed by atoms with van der Waals surface area (Å²) in [7, 11) is 1.62. The molecule has 0 aliphatic carbocycles. The summed E-state index contributed by atoms with van der Waals surface area (Å²) in [4.78, 5) is 8.46. The lowest BCUT2D eigenvalue weighted by Gasteiger charge is -2.16. The fraction of sp³-hybridized carbons (Fsp3) is 0.550. The highest BCUT2D eigenvalue weighted by molar-refractivity contribution is 14.0. The zero-order chi connectivity index (χ0) is 22.1. The lowest BCUT2D eigenvalue weighted by molar-refractivity contribution is -0.153. The Morgan fingerprint density at radius 3 is 2.61 bits per heavy atom. The Morgan fingerprint density at radius 2 is 2.00 bits per heavy atom. The molecule has 0 saturated carbocycles. The van der Waals surface area contributed by atoms with E-state index >= 15 is 0 Å². The highest BCUT2D eigenvalue weighted by Crippen LogP contribution is 2.23. The second-order valence-electron chi connectivity index (χ2n) is 7.17. The van der Waals surface area contributed by atoms with E-state index < -0.39 is 12.8 Å². The number of benzene rings is 1. The van der Waals surface area contributed by atoms with Crippen molar-refractivity contribution in [1.29, 1.82) is 0 Å². The minimum atomic E-state index is -4.39. The van der Waals surface area contributed by atoms with Gasteiger partial charge in [-0.1, -0.05) is 31.1 Å². The zero-order valence-corrected chi connectivity index (χ0v) is 20.4. The summed E-state index contributed by atoms with van der Waals surface area (Å²) in [5.74, 6) is 2.24. The van der Waals surface area contributed by atoms with Gasteiger partial charge in [0.05, 0.1) is 0 Å². The van der Waals surface area contributed by atoms with Gasteiger partial charge in [-0.25, -0.2) is 0 Å². The molecule has 0 amide bonds. The maximum Gasteiger partial charge on any atom is 0.422 e. The first kappa shape index (κ1) is 27.0. The van der Waals surface area contributed by atoms with Gasteiger partial charge in [-0.2, -0.15) is 18.2 Å². The van der Waals surface area contributed by atoms with E-state index in [4.69, 9.17) is 9.26 Å².